The summed E-state index contributed by atoms with van der Waals surface area (Å²) in [5.74, 6) is -0.520. The van der Waals surface area contributed by atoms with E-state index < -0.39 is 5.82 Å². The minimum Gasteiger partial charge on any atom is -0.396 e. The molecule has 24 heavy (non-hydrogen) atoms. The highest BCUT2D eigenvalue weighted by molar-refractivity contribution is 5.75. The van der Waals surface area contributed by atoms with E-state index in [1.54, 1.807) is 17.0 Å². The summed E-state index contributed by atoms with van der Waals surface area (Å²) in [6.07, 6.45) is 1.39. The van der Waals surface area contributed by atoms with E-state index in [1.165, 1.54) is 6.07 Å². The second-order valence-corrected chi connectivity index (χ2v) is 5.94. The predicted octanol–water partition coefficient (Wildman–Crippen LogP) is 1.69. The lowest BCUT2D eigenvalue weighted by molar-refractivity contribution is 0.189. The number of carbonyl (C=O) groups excluding carboxylic acids is 1. The third kappa shape index (κ3) is 4.36. The quantitative estimate of drug-likeness (QED) is 0.859. The number of aliphatic hydroxyl groups is 1. The number of hydrogen-bond acceptors (Lipinski definition) is 4. The zero-order valence-electron chi connectivity index (χ0n) is 13.8. The van der Waals surface area contributed by atoms with Gasteiger partial charge in [0.1, 0.15) is 17.4 Å². The number of rotatable bonds is 5. The molecule has 1 aliphatic rings. The second-order valence-electron chi connectivity index (χ2n) is 5.94. The fourth-order valence-electron chi connectivity index (χ4n) is 2.81. The van der Waals surface area contributed by atoms with Crippen molar-refractivity contribution in [3.8, 4) is 6.07 Å². The summed E-state index contributed by atoms with van der Waals surface area (Å²) in [6, 6.07) is 6.39. The van der Waals surface area contributed by atoms with Gasteiger partial charge in [0.15, 0.2) is 0 Å². The van der Waals surface area contributed by atoms with Gasteiger partial charge in [-0.2, -0.15) is 5.26 Å². The normalized spacial score (nSPS) is 15.8. The first-order valence-corrected chi connectivity index (χ1v) is 8.16. The molecular formula is C17H23FN4O2. The van der Waals surface area contributed by atoms with E-state index in [0.29, 0.717) is 38.3 Å². The number of hydrogen-bond donors (Lipinski definition) is 2. The minimum atomic E-state index is -0.520. The SMILES string of the molecule is CC(CCCO)NC(=O)N1CCN(c2cccc(F)c2C#N)CC1. The largest absolute Gasteiger partial charge is 0.396 e. The highest BCUT2D eigenvalue weighted by atomic mass is 19.1. The Morgan fingerprint density at radius 3 is 2.75 bits per heavy atom. The molecule has 0 spiro atoms. The zero-order valence-corrected chi connectivity index (χ0v) is 13.8. The summed E-state index contributed by atoms with van der Waals surface area (Å²) in [5.41, 5.74) is 0.627. The highest BCUT2D eigenvalue weighted by Crippen LogP contribution is 2.23. The molecule has 1 aromatic carbocycles. The van der Waals surface area contributed by atoms with Gasteiger partial charge in [0.2, 0.25) is 0 Å². The van der Waals surface area contributed by atoms with Crippen molar-refractivity contribution in [1.82, 2.24) is 10.2 Å². The number of urea groups is 1. The van der Waals surface area contributed by atoms with Gasteiger partial charge in [-0.3, -0.25) is 0 Å². The lowest BCUT2D eigenvalue weighted by atomic mass is 10.1. The standard InChI is InChI=1S/C17H23FN4O2/c1-13(4-3-11-23)20-17(24)22-9-7-21(8-10-22)16-6-2-5-15(18)14(16)12-19/h2,5-6,13,23H,3-4,7-11H2,1H3,(H,20,24). The van der Waals surface area contributed by atoms with E-state index in [-0.39, 0.29) is 24.2 Å². The molecule has 0 aliphatic carbocycles. The summed E-state index contributed by atoms with van der Waals surface area (Å²) >= 11 is 0. The molecule has 2 N–H and O–H groups in total. The Hall–Kier alpha value is -2.33. The molecule has 0 radical (unpaired) electrons. The van der Waals surface area contributed by atoms with Crippen molar-refractivity contribution >= 4 is 11.7 Å². The number of nitriles is 1. The van der Waals surface area contributed by atoms with Crippen LogP contribution in [0.1, 0.15) is 25.3 Å². The van der Waals surface area contributed by atoms with Crippen LogP contribution in [0.4, 0.5) is 14.9 Å². The van der Waals surface area contributed by atoms with Gasteiger partial charge >= 0.3 is 6.03 Å². The average Bonchev–Trinajstić information content (AvgIpc) is 2.59. The number of piperazine rings is 1. The van der Waals surface area contributed by atoms with Crippen LogP contribution in [0.25, 0.3) is 0 Å². The number of halogens is 1. The molecule has 1 aliphatic heterocycles. The average molecular weight is 334 g/mol. The lowest BCUT2D eigenvalue weighted by Gasteiger charge is -2.36. The van der Waals surface area contributed by atoms with Crippen molar-refractivity contribution in [2.24, 2.45) is 0 Å². The number of carbonyl (C=O) groups is 1. The molecule has 2 rings (SSSR count). The van der Waals surface area contributed by atoms with Gasteiger partial charge in [0, 0.05) is 38.8 Å². The van der Waals surface area contributed by atoms with Crippen molar-refractivity contribution in [2.75, 3.05) is 37.7 Å². The Kier molecular flexibility index (Phi) is 6.38. The van der Waals surface area contributed by atoms with Crippen LogP contribution >= 0.6 is 0 Å². The van der Waals surface area contributed by atoms with E-state index in [0.717, 1.165) is 6.42 Å². The minimum absolute atomic E-state index is 0.0103. The van der Waals surface area contributed by atoms with Crippen LogP contribution in [0.15, 0.2) is 18.2 Å². The predicted molar refractivity (Wildman–Crippen MR) is 89.2 cm³/mol. The van der Waals surface area contributed by atoms with Gasteiger partial charge in [-0.1, -0.05) is 6.07 Å². The van der Waals surface area contributed by atoms with Gasteiger partial charge in [0.25, 0.3) is 0 Å². The summed E-state index contributed by atoms with van der Waals surface area (Å²) in [5, 5.41) is 20.9. The van der Waals surface area contributed by atoms with Crippen molar-refractivity contribution in [3.05, 3.63) is 29.6 Å². The molecular weight excluding hydrogens is 311 g/mol. The van der Waals surface area contributed by atoms with Gasteiger partial charge in [-0.25, -0.2) is 9.18 Å². The molecule has 0 saturated carbocycles. The first-order chi connectivity index (χ1) is 11.6. The van der Waals surface area contributed by atoms with Gasteiger partial charge in [0.05, 0.1) is 5.69 Å². The van der Waals surface area contributed by atoms with Crippen molar-refractivity contribution < 1.29 is 14.3 Å². The van der Waals surface area contributed by atoms with Gasteiger partial charge < -0.3 is 20.2 Å². The van der Waals surface area contributed by atoms with E-state index in [1.807, 2.05) is 17.9 Å². The fourth-order valence-corrected chi connectivity index (χ4v) is 2.81. The van der Waals surface area contributed by atoms with Crippen LogP contribution in [-0.4, -0.2) is 54.9 Å². The molecule has 1 aromatic rings. The first kappa shape index (κ1) is 18.0. The molecule has 1 fully saturated rings. The van der Waals surface area contributed by atoms with Crippen LogP contribution in [0.5, 0.6) is 0 Å². The summed E-state index contributed by atoms with van der Waals surface area (Å²) in [4.78, 5) is 15.9. The fraction of sp³-hybridized carbons (Fsp3) is 0.529. The summed E-state index contributed by atoms with van der Waals surface area (Å²) in [7, 11) is 0. The van der Waals surface area contributed by atoms with E-state index in [9.17, 15) is 9.18 Å². The molecule has 1 saturated heterocycles. The Labute approximate surface area is 141 Å². The Morgan fingerprint density at radius 2 is 2.12 bits per heavy atom. The number of amides is 2. The number of anilines is 1. The summed E-state index contributed by atoms with van der Waals surface area (Å²) < 4.78 is 13.7. The monoisotopic (exact) mass is 334 g/mol. The third-order valence-electron chi connectivity index (χ3n) is 4.18. The first-order valence-electron chi connectivity index (χ1n) is 8.16. The summed E-state index contributed by atoms with van der Waals surface area (Å²) in [6.45, 7) is 4.16. The Morgan fingerprint density at radius 1 is 1.42 bits per heavy atom. The maximum Gasteiger partial charge on any atom is 0.317 e. The smallest absolute Gasteiger partial charge is 0.317 e. The number of benzene rings is 1. The number of nitrogens with one attached hydrogen (secondary N) is 1. The maximum atomic E-state index is 13.7. The third-order valence-corrected chi connectivity index (χ3v) is 4.18. The van der Waals surface area contributed by atoms with E-state index >= 15 is 0 Å². The van der Waals surface area contributed by atoms with Crippen molar-refractivity contribution in [2.45, 2.75) is 25.8 Å². The van der Waals surface area contributed by atoms with Gasteiger partial charge in [-0.15, -0.1) is 0 Å². The van der Waals surface area contributed by atoms with Crippen LogP contribution in [0.2, 0.25) is 0 Å². The Bertz CT molecular complexity index is 609. The maximum absolute atomic E-state index is 13.7. The molecule has 2 amide bonds. The molecule has 1 unspecified atom stereocenters. The topological polar surface area (TPSA) is 79.6 Å². The van der Waals surface area contributed by atoms with E-state index in [2.05, 4.69) is 5.32 Å². The lowest BCUT2D eigenvalue weighted by Crippen LogP contribution is -2.53. The molecule has 130 valence electrons. The van der Waals surface area contributed by atoms with Crippen LogP contribution in [-0.2, 0) is 0 Å². The zero-order chi connectivity index (χ0) is 17.5. The molecule has 1 heterocycles. The number of aliphatic hydroxyl groups excluding tert-OH is 1. The van der Waals surface area contributed by atoms with Crippen LogP contribution in [0, 0.1) is 17.1 Å². The Balaban J connectivity index is 1.91. The second kappa shape index (κ2) is 8.50. The van der Waals surface area contributed by atoms with Crippen molar-refractivity contribution in [1.29, 1.82) is 5.26 Å². The molecule has 6 nitrogen and oxygen atoms in total. The van der Waals surface area contributed by atoms with Crippen LogP contribution < -0.4 is 10.2 Å². The van der Waals surface area contributed by atoms with Crippen LogP contribution in [0.3, 0.4) is 0 Å². The van der Waals surface area contributed by atoms with Gasteiger partial charge in [-0.05, 0) is 31.9 Å². The van der Waals surface area contributed by atoms with Crippen molar-refractivity contribution in [3.63, 3.8) is 0 Å². The molecule has 7 heteroatoms. The highest BCUT2D eigenvalue weighted by Gasteiger charge is 2.24. The molecule has 0 bridgehead atoms. The number of nitrogens with zero attached hydrogens (tertiary/aromatic N) is 3. The molecule has 0 aromatic heterocycles. The van der Waals surface area contributed by atoms with E-state index in [4.69, 9.17) is 10.4 Å². The molecule has 1 atom stereocenters.